The molecular weight excluding hydrogens is 455 g/mol. The predicted molar refractivity (Wildman–Crippen MR) is 128 cm³/mol. The van der Waals surface area contributed by atoms with E-state index in [1.54, 1.807) is 0 Å². The quantitative estimate of drug-likeness (QED) is 0.279. The number of nitrogens with one attached hydrogen (secondary N) is 3. The maximum Gasteiger partial charge on any atom is 0.416 e. The van der Waals surface area contributed by atoms with Gasteiger partial charge >= 0.3 is 6.18 Å². The molecule has 3 aromatic carbocycles. The number of alkyl halides is 3. The predicted octanol–water partition coefficient (Wildman–Crippen LogP) is 6.55. The Morgan fingerprint density at radius 1 is 0.875 bits per heavy atom. The maximum absolute atomic E-state index is 12.8. The van der Waals surface area contributed by atoms with Crippen LogP contribution < -0.4 is 16.0 Å². The first-order chi connectivity index (χ1) is 15.2. The molecule has 3 N–H and O–H groups in total. The number of amides is 1. The van der Waals surface area contributed by atoms with Crippen LogP contribution in [0, 0.1) is 6.92 Å². The number of carbonyl (C=O) groups excluding carboxylic acids is 1. The van der Waals surface area contributed by atoms with Gasteiger partial charge < -0.3 is 16.0 Å². The molecule has 0 aliphatic carbocycles. The number of rotatable bonds is 6. The number of hydrogen-bond acceptors (Lipinski definition) is 3. The molecule has 3 aromatic rings. The van der Waals surface area contributed by atoms with E-state index in [2.05, 4.69) is 16.0 Å². The van der Waals surface area contributed by atoms with Gasteiger partial charge in [-0.15, -0.1) is 11.8 Å². The second-order valence-corrected chi connectivity index (χ2v) is 8.35. The molecule has 0 aliphatic rings. The highest BCUT2D eigenvalue weighted by molar-refractivity contribution is 8.00. The van der Waals surface area contributed by atoms with Gasteiger partial charge in [-0.1, -0.05) is 29.8 Å². The monoisotopic (exact) mass is 475 g/mol. The SMILES string of the molecule is Cc1ccc(NC(=S)Nc2cccc(SCC(=O)Nc3cccc(C(F)(F)F)c3)c2)cc1. The highest BCUT2D eigenvalue weighted by Crippen LogP contribution is 2.30. The highest BCUT2D eigenvalue weighted by atomic mass is 32.2. The molecule has 0 unspecified atom stereocenters. The first-order valence-corrected chi connectivity index (χ1v) is 10.9. The minimum absolute atomic E-state index is 0.0474. The lowest BCUT2D eigenvalue weighted by atomic mass is 10.2. The van der Waals surface area contributed by atoms with Crippen LogP contribution in [0.3, 0.4) is 0 Å². The highest BCUT2D eigenvalue weighted by Gasteiger charge is 2.30. The fraction of sp³-hybridized carbons (Fsp3) is 0.130. The molecule has 166 valence electrons. The second kappa shape index (κ2) is 10.5. The number of aryl methyl sites for hydroxylation is 1. The summed E-state index contributed by atoms with van der Waals surface area (Å²) in [4.78, 5) is 13.0. The summed E-state index contributed by atoms with van der Waals surface area (Å²) in [6, 6.07) is 19.7. The molecule has 0 spiro atoms. The van der Waals surface area contributed by atoms with Crippen LogP contribution in [0.4, 0.5) is 30.2 Å². The number of hydrogen-bond donors (Lipinski definition) is 3. The van der Waals surface area contributed by atoms with Crippen LogP contribution in [-0.4, -0.2) is 16.8 Å². The van der Waals surface area contributed by atoms with Crippen molar-refractivity contribution < 1.29 is 18.0 Å². The largest absolute Gasteiger partial charge is 0.416 e. The van der Waals surface area contributed by atoms with Crippen molar-refractivity contribution in [3.05, 3.63) is 83.9 Å². The van der Waals surface area contributed by atoms with Gasteiger partial charge in [0.1, 0.15) is 0 Å². The van der Waals surface area contributed by atoms with Gasteiger partial charge in [0.25, 0.3) is 0 Å². The zero-order chi connectivity index (χ0) is 23.1. The molecule has 0 radical (unpaired) electrons. The van der Waals surface area contributed by atoms with Crippen LogP contribution in [0.1, 0.15) is 11.1 Å². The lowest BCUT2D eigenvalue weighted by Gasteiger charge is -2.12. The Hall–Kier alpha value is -3.04. The zero-order valence-electron chi connectivity index (χ0n) is 17.0. The molecule has 3 rings (SSSR count). The normalized spacial score (nSPS) is 11.0. The summed E-state index contributed by atoms with van der Waals surface area (Å²) < 4.78 is 38.4. The first-order valence-electron chi connectivity index (χ1n) is 9.54. The molecule has 1 amide bonds. The van der Waals surface area contributed by atoms with Crippen molar-refractivity contribution in [1.29, 1.82) is 0 Å². The number of anilines is 3. The van der Waals surface area contributed by atoms with E-state index in [0.717, 1.165) is 34.0 Å². The molecule has 0 heterocycles. The number of thioether (sulfide) groups is 1. The fourth-order valence-corrected chi connectivity index (χ4v) is 3.70. The molecular formula is C23H20F3N3OS2. The minimum Gasteiger partial charge on any atom is -0.332 e. The number of benzene rings is 3. The van der Waals surface area contributed by atoms with E-state index >= 15 is 0 Å². The van der Waals surface area contributed by atoms with Crippen molar-refractivity contribution >= 4 is 52.1 Å². The molecule has 9 heteroatoms. The Kier molecular flexibility index (Phi) is 7.76. The van der Waals surface area contributed by atoms with Gasteiger partial charge in [-0.25, -0.2) is 0 Å². The summed E-state index contributed by atoms with van der Waals surface area (Å²) >= 11 is 6.60. The average molecular weight is 476 g/mol. The molecule has 0 fully saturated rings. The van der Waals surface area contributed by atoms with Gasteiger partial charge in [-0.05, 0) is 67.7 Å². The third-order valence-corrected chi connectivity index (χ3v) is 5.44. The Balaban J connectivity index is 1.52. The maximum atomic E-state index is 12.8. The molecule has 0 atom stereocenters. The molecule has 0 saturated carbocycles. The van der Waals surface area contributed by atoms with E-state index in [4.69, 9.17) is 12.2 Å². The third kappa shape index (κ3) is 7.28. The third-order valence-electron chi connectivity index (χ3n) is 4.24. The lowest BCUT2D eigenvalue weighted by Crippen LogP contribution is -2.19. The topological polar surface area (TPSA) is 53.2 Å². The number of carbonyl (C=O) groups is 1. The van der Waals surface area contributed by atoms with Crippen LogP contribution in [0.2, 0.25) is 0 Å². The van der Waals surface area contributed by atoms with Gasteiger partial charge in [0, 0.05) is 22.0 Å². The van der Waals surface area contributed by atoms with Crippen LogP contribution in [-0.2, 0) is 11.0 Å². The van der Waals surface area contributed by atoms with Crippen LogP contribution in [0.25, 0.3) is 0 Å². The zero-order valence-corrected chi connectivity index (χ0v) is 18.6. The van der Waals surface area contributed by atoms with Crippen molar-refractivity contribution in [2.45, 2.75) is 18.0 Å². The van der Waals surface area contributed by atoms with Crippen molar-refractivity contribution in [3.8, 4) is 0 Å². The Labute approximate surface area is 193 Å². The molecule has 0 bridgehead atoms. The van der Waals surface area contributed by atoms with Gasteiger partial charge in [-0.2, -0.15) is 13.2 Å². The van der Waals surface area contributed by atoms with Crippen LogP contribution >= 0.6 is 24.0 Å². The van der Waals surface area contributed by atoms with Crippen molar-refractivity contribution in [1.82, 2.24) is 0 Å². The Morgan fingerprint density at radius 2 is 1.50 bits per heavy atom. The molecule has 0 aliphatic heterocycles. The molecule has 0 saturated heterocycles. The van der Waals surface area contributed by atoms with E-state index in [0.29, 0.717) is 5.11 Å². The molecule has 32 heavy (non-hydrogen) atoms. The summed E-state index contributed by atoms with van der Waals surface area (Å²) in [6.45, 7) is 2.00. The summed E-state index contributed by atoms with van der Waals surface area (Å²) in [6.07, 6.45) is -4.46. The van der Waals surface area contributed by atoms with Crippen molar-refractivity contribution in [2.24, 2.45) is 0 Å². The van der Waals surface area contributed by atoms with E-state index in [-0.39, 0.29) is 11.4 Å². The van der Waals surface area contributed by atoms with Crippen LogP contribution in [0.5, 0.6) is 0 Å². The summed E-state index contributed by atoms with van der Waals surface area (Å²) in [5.74, 6) is -0.351. The first kappa shape index (κ1) is 23.6. The number of halogens is 3. The van der Waals surface area contributed by atoms with E-state index in [1.165, 1.54) is 23.9 Å². The van der Waals surface area contributed by atoms with Gasteiger partial charge in [0.05, 0.1) is 11.3 Å². The van der Waals surface area contributed by atoms with Gasteiger partial charge in [0.15, 0.2) is 5.11 Å². The van der Waals surface area contributed by atoms with Gasteiger partial charge in [0.2, 0.25) is 5.91 Å². The summed E-state index contributed by atoms with van der Waals surface area (Å²) in [5, 5.41) is 9.12. The molecule has 0 aromatic heterocycles. The van der Waals surface area contributed by atoms with E-state index in [1.807, 2.05) is 55.5 Å². The summed E-state index contributed by atoms with van der Waals surface area (Å²) in [5.41, 5.74) is 2.06. The van der Waals surface area contributed by atoms with E-state index < -0.39 is 17.6 Å². The minimum atomic E-state index is -4.46. The van der Waals surface area contributed by atoms with Gasteiger partial charge in [-0.3, -0.25) is 4.79 Å². The Morgan fingerprint density at radius 3 is 2.19 bits per heavy atom. The van der Waals surface area contributed by atoms with Crippen molar-refractivity contribution in [2.75, 3.05) is 21.7 Å². The second-order valence-electron chi connectivity index (χ2n) is 6.89. The van der Waals surface area contributed by atoms with Crippen LogP contribution in [0.15, 0.2) is 77.7 Å². The molecule has 4 nitrogen and oxygen atoms in total. The number of thiocarbonyl (C=S) groups is 1. The lowest BCUT2D eigenvalue weighted by molar-refractivity contribution is -0.137. The average Bonchev–Trinajstić information content (AvgIpc) is 2.74. The summed E-state index contributed by atoms with van der Waals surface area (Å²) in [7, 11) is 0. The standard InChI is InChI=1S/C23H20F3N3OS2/c1-15-8-10-17(11-9-15)28-22(31)29-19-6-3-7-20(13-19)32-14-21(30)27-18-5-2-4-16(12-18)23(24,25)26/h2-13H,14H2,1H3,(H,27,30)(H2,28,29,31). The Bertz CT molecular complexity index is 1100. The smallest absolute Gasteiger partial charge is 0.332 e. The fourth-order valence-electron chi connectivity index (χ4n) is 2.71. The van der Waals surface area contributed by atoms with Crippen molar-refractivity contribution in [3.63, 3.8) is 0 Å². The van der Waals surface area contributed by atoms with E-state index in [9.17, 15) is 18.0 Å².